The van der Waals surface area contributed by atoms with Crippen LogP contribution in [0.3, 0.4) is 0 Å². The molecule has 1 atom stereocenters. The Kier molecular flexibility index (Phi) is 5.88. The number of benzene rings is 1. The van der Waals surface area contributed by atoms with Crippen LogP contribution < -0.4 is 4.90 Å². The van der Waals surface area contributed by atoms with E-state index in [1.165, 1.54) is 25.3 Å². The summed E-state index contributed by atoms with van der Waals surface area (Å²) in [7, 11) is 0. The van der Waals surface area contributed by atoms with Gasteiger partial charge in [-0.3, -0.25) is 9.88 Å². The molecule has 5 rings (SSSR count). The third kappa shape index (κ3) is 4.17. The fourth-order valence-electron chi connectivity index (χ4n) is 4.96. The number of para-hydroxylation sites is 1. The smallest absolute Gasteiger partial charge is 0.173 e. The molecule has 2 aliphatic rings. The number of halogens is 1. The summed E-state index contributed by atoms with van der Waals surface area (Å²) in [5.41, 5.74) is 1.82. The van der Waals surface area contributed by atoms with Crippen molar-refractivity contribution in [1.29, 1.82) is 0 Å². The molecular weight excluding hydrogens is 393 g/mol. The number of pyridine rings is 1. The first-order chi connectivity index (χ1) is 15.3. The number of rotatable bonds is 5. The maximum absolute atomic E-state index is 14.3. The van der Waals surface area contributed by atoms with Crippen molar-refractivity contribution in [2.75, 3.05) is 31.1 Å². The number of piperazine rings is 1. The minimum atomic E-state index is -0.164. The third-order valence-electron chi connectivity index (χ3n) is 6.58. The van der Waals surface area contributed by atoms with Crippen molar-refractivity contribution in [1.82, 2.24) is 30.1 Å². The zero-order valence-corrected chi connectivity index (χ0v) is 17.6. The highest BCUT2D eigenvalue weighted by Crippen LogP contribution is 2.34. The van der Waals surface area contributed by atoms with Gasteiger partial charge in [0.15, 0.2) is 5.82 Å². The summed E-state index contributed by atoms with van der Waals surface area (Å²) in [6.45, 7) is 3.12. The molecule has 1 saturated heterocycles. The molecule has 1 aromatic carbocycles. The van der Waals surface area contributed by atoms with Gasteiger partial charge in [-0.1, -0.05) is 31.4 Å². The molecule has 1 aliphatic heterocycles. The molecule has 8 heteroatoms. The lowest BCUT2D eigenvalue weighted by atomic mass is 9.95. The number of aromatic nitrogens is 5. The van der Waals surface area contributed by atoms with Crippen molar-refractivity contribution in [2.45, 2.75) is 44.2 Å². The van der Waals surface area contributed by atoms with Crippen LogP contribution in [0.15, 0.2) is 48.8 Å². The molecule has 0 N–H and O–H groups in total. The van der Waals surface area contributed by atoms with Crippen LogP contribution in [0.2, 0.25) is 0 Å². The molecule has 7 nitrogen and oxygen atoms in total. The van der Waals surface area contributed by atoms with Gasteiger partial charge in [-0.25, -0.2) is 9.07 Å². The highest BCUT2D eigenvalue weighted by atomic mass is 19.1. The van der Waals surface area contributed by atoms with Crippen molar-refractivity contribution in [2.24, 2.45) is 0 Å². The Morgan fingerprint density at radius 2 is 1.65 bits per heavy atom. The van der Waals surface area contributed by atoms with Gasteiger partial charge in [0.1, 0.15) is 5.82 Å². The van der Waals surface area contributed by atoms with Gasteiger partial charge in [-0.2, -0.15) is 0 Å². The molecule has 1 unspecified atom stereocenters. The predicted octanol–water partition coefficient (Wildman–Crippen LogP) is 3.62. The Bertz CT molecular complexity index is 978. The summed E-state index contributed by atoms with van der Waals surface area (Å²) in [5.74, 6) is 0.736. The van der Waals surface area contributed by atoms with Gasteiger partial charge < -0.3 is 4.90 Å². The lowest BCUT2D eigenvalue weighted by Gasteiger charge is -2.40. The number of tetrazole rings is 1. The van der Waals surface area contributed by atoms with Crippen LogP contribution in [-0.4, -0.2) is 56.3 Å². The van der Waals surface area contributed by atoms with Gasteiger partial charge in [0.05, 0.1) is 17.8 Å². The van der Waals surface area contributed by atoms with Gasteiger partial charge >= 0.3 is 0 Å². The van der Waals surface area contributed by atoms with Crippen LogP contribution in [0.1, 0.15) is 55.6 Å². The van der Waals surface area contributed by atoms with E-state index in [0.717, 1.165) is 50.4 Å². The van der Waals surface area contributed by atoms with Crippen LogP contribution in [0.4, 0.5) is 10.1 Å². The Labute approximate surface area is 181 Å². The maximum Gasteiger partial charge on any atom is 0.173 e. The van der Waals surface area contributed by atoms with Crippen LogP contribution in [0, 0.1) is 5.82 Å². The van der Waals surface area contributed by atoms with E-state index in [1.54, 1.807) is 6.07 Å². The van der Waals surface area contributed by atoms with E-state index < -0.39 is 0 Å². The quantitative estimate of drug-likeness (QED) is 0.627. The monoisotopic (exact) mass is 421 g/mol. The topological polar surface area (TPSA) is 63.0 Å². The fraction of sp³-hybridized carbons (Fsp3) is 0.478. The van der Waals surface area contributed by atoms with E-state index in [1.807, 2.05) is 36.7 Å². The predicted molar refractivity (Wildman–Crippen MR) is 116 cm³/mol. The highest BCUT2D eigenvalue weighted by Gasteiger charge is 2.33. The molecule has 2 fully saturated rings. The summed E-state index contributed by atoms with van der Waals surface area (Å²) in [5, 5.41) is 13.0. The molecule has 3 aromatic rings. The molecule has 0 amide bonds. The number of nitrogens with zero attached hydrogens (tertiary/aromatic N) is 7. The average molecular weight is 422 g/mol. The molecule has 0 radical (unpaired) electrons. The second kappa shape index (κ2) is 9.09. The summed E-state index contributed by atoms with van der Waals surface area (Å²) in [6, 6.07) is 11.4. The molecule has 162 valence electrons. The Morgan fingerprint density at radius 3 is 2.39 bits per heavy atom. The van der Waals surface area contributed by atoms with E-state index in [2.05, 4.69) is 35.0 Å². The van der Waals surface area contributed by atoms with Crippen LogP contribution in [-0.2, 0) is 0 Å². The molecule has 0 spiro atoms. The second-order valence-electron chi connectivity index (χ2n) is 8.43. The van der Waals surface area contributed by atoms with Gasteiger partial charge in [0, 0.05) is 38.6 Å². The second-order valence-corrected chi connectivity index (χ2v) is 8.43. The van der Waals surface area contributed by atoms with Gasteiger partial charge in [-0.05, 0) is 53.1 Å². The SMILES string of the molecule is Fc1ccccc1N1CCN(C(c2ccncc2)c2nnnn2C2CCCCC2)CC1. The van der Waals surface area contributed by atoms with E-state index in [9.17, 15) is 4.39 Å². The average Bonchev–Trinajstić information content (AvgIpc) is 3.31. The zero-order chi connectivity index (χ0) is 21.0. The van der Waals surface area contributed by atoms with Gasteiger partial charge in [0.2, 0.25) is 0 Å². The zero-order valence-electron chi connectivity index (χ0n) is 17.6. The molecule has 3 heterocycles. The van der Waals surface area contributed by atoms with Crippen molar-refractivity contribution in [3.63, 3.8) is 0 Å². The molecule has 2 aromatic heterocycles. The minimum absolute atomic E-state index is 0.0392. The first kappa shape index (κ1) is 20.1. The minimum Gasteiger partial charge on any atom is -0.367 e. The standard InChI is InChI=1S/C23H28FN7/c24-20-8-4-5-9-21(20)29-14-16-30(17-15-29)22(18-10-12-25-13-11-18)23-26-27-28-31(23)19-6-2-1-3-7-19/h4-5,8-13,19,22H,1-3,6-7,14-17H2. The number of hydrogen-bond acceptors (Lipinski definition) is 6. The van der Waals surface area contributed by atoms with Crippen LogP contribution in [0.5, 0.6) is 0 Å². The lowest BCUT2D eigenvalue weighted by molar-refractivity contribution is 0.193. The van der Waals surface area contributed by atoms with E-state index in [0.29, 0.717) is 11.7 Å². The molecular formula is C23H28FN7. The Morgan fingerprint density at radius 1 is 0.903 bits per heavy atom. The fourth-order valence-corrected chi connectivity index (χ4v) is 4.96. The summed E-state index contributed by atoms with van der Waals surface area (Å²) < 4.78 is 16.3. The summed E-state index contributed by atoms with van der Waals surface area (Å²) in [4.78, 5) is 8.74. The van der Waals surface area contributed by atoms with Crippen molar-refractivity contribution < 1.29 is 4.39 Å². The first-order valence-corrected chi connectivity index (χ1v) is 11.2. The molecule has 31 heavy (non-hydrogen) atoms. The number of hydrogen-bond donors (Lipinski definition) is 0. The van der Waals surface area contributed by atoms with E-state index in [-0.39, 0.29) is 11.9 Å². The van der Waals surface area contributed by atoms with Gasteiger partial charge in [0.25, 0.3) is 0 Å². The lowest BCUT2D eigenvalue weighted by Crippen LogP contribution is -2.48. The van der Waals surface area contributed by atoms with Crippen LogP contribution in [0.25, 0.3) is 0 Å². The Balaban J connectivity index is 1.41. The first-order valence-electron chi connectivity index (χ1n) is 11.2. The van der Waals surface area contributed by atoms with Crippen molar-refractivity contribution in [3.05, 3.63) is 66.0 Å². The normalized spacial score (nSPS) is 19.5. The van der Waals surface area contributed by atoms with Crippen LogP contribution >= 0.6 is 0 Å². The van der Waals surface area contributed by atoms with Crippen molar-refractivity contribution >= 4 is 5.69 Å². The largest absolute Gasteiger partial charge is 0.367 e. The van der Waals surface area contributed by atoms with Gasteiger partial charge in [-0.15, -0.1) is 5.10 Å². The number of anilines is 1. The Hall–Kier alpha value is -2.87. The molecule has 1 saturated carbocycles. The summed E-state index contributed by atoms with van der Waals surface area (Å²) >= 11 is 0. The maximum atomic E-state index is 14.3. The molecule has 1 aliphatic carbocycles. The highest BCUT2D eigenvalue weighted by molar-refractivity contribution is 5.48. The summed E-state index contributed by atoms with van der Waals surface area (Å²) in [6.07, 6.45) is 9.65. The third-order valence-corrected chi connectivity index (χ3v) is 6.58. The van der Waals surface area contributed by atoms with E-state index >= 15 is 0 Å². The molecule has 0 bridgehead atoms. The van der Waals surface area contributed by atoms with E-state index in [4.69, 9.17) is 0 Å². The van der Waals surface area contributed by atoms with Crippen molar-refractivity contribution in [3.8, 4) is 0 Å².